The molecule has 1 aromatic carbocycles. The normalized spacial score (nSPS) is 19.2. The third-order valence-corrected chi connectivity index (χ3v) is 3.98. The fourth-order valence-electron chi connectivity index (χ4n) is 2.81. The van der Waals surface area contributed by atoms with E-state index in [1.54, 1.807) is 0 Å². The van der Waals surface area contributed by atoms with Crippen LogP contribution in [0.25, 0.3) is 0 Å². The Balaban J connectivity index is 1.81. The van der Waals surface area contributed by atoms with Crippen molar-refractivity contribution < 1.29 is 22.6 Å². The molecule has 0 saturated carbocycles. The number of ether oxygens (including phenoxy) is 2. The summed E-state index contributed by atoms with van der Waals surface area (Å²) in [4.78, 5) is 2.17. The summed E-state index contributed by atoms with van der Waals surface area (Å²) in [6, 6.07) is 2.56. The standard InChI is InChI=1S/C15H19F3N2O2/c16-15(17,18)12-10-14-13(21-7-8-22-14)9-11(12)1-4-20-5-2-19-3-6-20/h9-10,19H,1-8H2. The van der Waals surface area contributed by atoms with Crippen LogP contribution in [0.5, 0.6) is 11.5 Å². The Labute approximate surface area is 127 Å². The first-order chi connectivity index (χ1) is 10.5. The predicted octanol–water partition coefficient (Wildman–Crippen LogP) is 1.92. The second kappa shape index (κ2) is 6.34. The fourth-order valence-corrected chi connectivity index (χ4v) is 2.81. The SMILES string of the molecule is FC(F)(F)c1cc2c(cc1CCN1CCNCC1)OCCO2. The highest BCUT2D eigenvalue weighted by Crippen LogP contribution is 2.40. The maximum atomic E-state index is 13.3. The molecule has 0 aromatic heterocycles. The number of nitrogens with one attached hydrogen (secondary N) is 1. The molecule has 3 rings (SSSR count). The Morgan fingerprint density at radius 2 is 1.68 bits per heavy atom. The zero-order valence-electron chi connectivity index (χ0n) is 12.2. The summed E-state index contributed by atoms with van der Waals surface area (Å²) < 4.78 is 50.5. The van der Waals surface area contributed by atoms with Crippen LogP contribution in [-0.4, -0.2) is 50.8 Å². The lowest BCUT2D eigenvalue weighted by atomic mass is 10.0. The minimum atomic E-state index is -4.38. The van der Waals surface area contributed by atoms with E-state index in [0.717, 1.165) is 32.2 Å². The van der Waals surface area contributed by atoms with Crippen molar-refractivity contribution in [1.29, 1.82) is 0 Å². The van der Waals surface area contributed by atoms with Gasteiger partial charge >= 0.3 is 6.18 Å². The molecule has 0 unspecified atom stereocenters. The van der Waals surface area contributed by atoms with Gasteiger partial charge < -0.3 is 19.7 Å². The molecule has 0 amide bonds. The summed E-state index contributed by atoms with van der Waals surface area (Å²) >= 11 is 0. The number of hydrogen-bond acceptors (Lipinski definition) is 4. The number of rotatable bonds is 3. The highest BCUT2D eigenvalue weighted by atomic mass is 19.4. The third-order valence-electron chi connectivity index (χ3n) is 3.98. The third kappa shape index (κ3) is 3.47. The van der Waals surface area contributed by atoms with Gasteiger partial charge in [0.15, 0.2) is 11.5 Å². The molecule has 0 atom stereocenters. The van der Waals surface area contributed by atoms with Crippen LogP contribution in [0.1, 0.15) is 11.1 Å². The Morgan fingerprint density at radius 1 is 1.05 bits per heavy atom. The topological polar surface area (TPSA) is 33.7 Å². The largest absolute Gasteiger partial charge is 0.486 e. The number of nitrogens with zero attached hydrogens (tertiary/aromatic N) is 1. The molecule has 1 aromatic rings. The molecule has 122 valence electrons. The Hall–Kier alpha value is -1.47. The van der Waals surface area contributed by atoms with Crippen LogP contribution in [0, 0.1) is 0 Å². The zero-order chi connectivity index (χ0) is 15.6. The molecule has 1 saturated heterocycles. The van der Waals surface area contributed by atoms with Gasteiger partial charge in [-0.15, -0.1) is 0 Å². The first-order valence-corrected chi connectivity index (χ1v) is 7.47. The van der Waals surface area contributed by atoms with Crippen LogP contribution in [0.4, 0.5) is 13.2 Å². The number of halogens is 3. The van der Waals surface area contributed by atoms with Crippen LogP contribution in [-0.2, 0) is 12.6 Å². The molecule has 0 bridgehead atoms. The summed E-state index contributed by atoms with van der Waals surface area (Å²) in [5.74, 6) is 0.596. The fraction of sp³-hybridized carbons (Fsp3) is 0.600. The van der Waals surface area contributed by atoms with Gasteiger partial charge in [0.2, 0.25) is 0 Å². The summed E-state index contributed by atoms with van der Waals surface area (Å²) in [6.07, 6.45) is -4.03. The molecule has 7 heteroatoms. The lowest BCUT2D eigenvalue weighted by Crippen LogP contribution is -2.44. The first-order valence-electron chi connectivity index (χ1n) is 7.47. The number of benzene rings is 1. The summed E-state index contributed by atoms with van der Waals surface area (Å²) in [7, 11) is 0. The van der Waals surface area contributed by atoms with E-state index in [9.17, 15) is 13.2 Å². The zero-order valence-corrected chi connectivity index (χ0v) is 12.2. The van der Waals surface area contributed by atoms with Crippen molar-refractivity contribution >= 4 is 0 Å². The van der Waals surface area contributed by atoms with Crippen molar-refractivity contribution in [3.63, 3.8) is 0 Å². The summed E-state index contributed by atoms with van der Waals surface area (Å²) in [6.45, 7) is 4.77. The summed E-state index contributed by atoms with van der Waals surface area (Å²) in [5.41, 5.74) is -0.345. The van der Waals surface area contributed by atoms with Gasteiger partial charge in [-0.3, -0.25) is 0 Å². The lowest BCUT2D eigenvalue weighted by molar-refractivity contribution is -0.138. The average molecular weight is 316 g/mol. The molecular weight excluding hydrogens is 297 g/mol. The highest BCUT2D eigenvalue weighted by molar-refractivity contribution is 5.49. The monoisotopic (exact) mass is 316 g/mol. The van der Waals surface area contributed by atoms with Crippen molar-refractivity contribution in [3.05, 3.63) is 23.3 Å². The van der Waals surface area contributed by atoms with Gasteiger partial charge in [0.05, 0.1) is 5.56 Å². The van der Waals surface area contributed by atoms with Gasteiger partial charge in [-0.25, -0.2) is 0 Å². The number of hydrogen-bond donors (Lipinski definition) is 1. The van der Waals surface area contributed by atoms with Crippen molar-refractivity contribution in [2.75, 3.05) is 45.9 Å². The molecule has 0 radical (unpaired) electrons. The minimum Gasteiger partial charge on any atom is -0.486 e. The second-order valence-corrected chi connectivity index (χ2v) is 5.49. The van der Waals surface area contributed by atoms with Crippen LogP contribution in [0.2, 0.25) is 0 Å². The number of piperazine rings is 1. The molecule has 1 fully saturated rings. The van der Waals surface area contributed by atoms with Crippen molar-refractivity contribution in [2.24, 2.45) is 0 Å². The maximum absolute atomic E-state index is 13.3. The predicted molar refractivity (Wildman–Crippen MR) is 75.4 cm³/mol. The van der Waals surface area contributed by atoms with Gasteiger partial charge in [-0.05, 0) is 24.1 Å². The number of fused-ring (bicyclic) bond motifs is 1. The van der Waals surface area contributed by atoms with Crippen molar-refractivity contribution in [2.45, 2.75) is 12.6 Å². The summed E-state index contributed by atoms with van der Waals surface area (Å²) in [5, 5.41) is 3.23. The Morgan fingerprint density at radius 3 is 2.32 bits per heavy atom. The maximum Gasteiger partial charge on any atom is 0.416 e. The molecule has 4 nitrogen and oxygen atoms in total. The van der Waals surface area contributed by atoms with E-state index in [0.29, 0.717) is 25.3 Å². The van der Waals surface area contributed by atoms with Crippen LogP contribution in [0.15, 0.2) is 12.1 Å². The van der Waals surface area contributed by atoms with Crippen molar-refractivity contribution in [1.82, 2.24) is 10.2 Å². The molecule has 0 aliphatic carbocycles. The minimum absolute atomic E-state index is 0.185. The Bertz CT molecular complexity index is 528. The van der Waals surface area contributed by atoms with Crippen LogP contribution >= 0.6 is 0 Å². The van der Waals surface area contributed by atoms with Gasteiger partial charge in [-0.1, -0.05) is 0 Å². The van der Waals surface area contributed by atoms with Gasteiger partial charge in [0.25, 0.3) is 0 Å². The average Bonchev–Trinajstić information content (AvgIpc) is 2.52. The molecule has 2 aliphatic rings. The van der Waals surface area contributed by atoms with Crippen LogP contribution in [0.3, 0.4) is 0 Å². The number of alkyl halides is 3. The molecular formula is C15H19F3N2O2. The quantitative estimate of drug-likeness (QED) is 0.924. The van der Waals surface area contributed by atoms with E-state index in [-0.39, 0.29) is 17.9 Å². The lowest BCUT2D eigenvalue weighted by Gasteiger charge is -2.28. The van der Waals surface area contributed by atoms with Gasteiger partial charge in [-0.2, -0.15) is 13.2 Å². The van der Waals surface area contributed by atoms with E-state index in [1.165, 1.54) is 6.07 Å². The molecule has 2 aliphatic heterocycles. The van der Waals surface area contributed by atoms with E-state index in [4.69, 9.17) is 9.47 Å². The molecule has 0 spiro atoms. The van der Waals surface area contributed by atoms with Crippen molar-refractivity contribution in [3.8, 4) is 11.5 Å². The van der Waals surface area contributed by atoms with E-state index >= 15 is 0 Å². The van der Waals surface area contributed by atoms with Crippen LogP contribution < -0.4 is 14.8 Å². The van der Waals surface area contributed by atoms with Gasteiger partial charge in [0, 0.05) is 32.7 Å². The van der Waals surface area contributed by atoms with E-state index in [2.05, 4.69) is 10.2 Å². The highest BCUT2D eigenvalue weighted by Gasteiger charge is 2.35. The van der Waals surface area contributed by atoms with Gasteiger partial charge in [0.1, 0.15) is 13.2 Å². The second-order valence-electron chi connectivity index (χ2n) is 5.49. The molecule has 2 heterocycles. The smallest absolute Gasteiger partial charge is 0.416 e. The van der Waals surface area contributed by atoms with E-state index in [1.807, 2.05) is 0 Å². The Kier molecular flexibility index (Phi) is 4.44. The van der Waals surface area contributed by atoms with E-state index < -0.39 is 11.7 Å². The first kappa shape index (κ1) is 15.4. The molecule has 1 N–H and O–H groups in total. The molecule has 22 heavy (non-hydrogen) atoms.